The van der Waals surface area contributed by atoms with Gasteiger partial charge < -0.3 is 9.84 Å². The van der Waals surface area contributed by atoms with E-state index >= 15 is 0 Å². The lowest BCUT2D eigenvalue weighted by Crippen LogP contribution is -2.56. The minimum absolute atomic E-state index is 0.0346. The molecule has 1 aliphatic carbocycles. The first-order valence-electron chi connectivity index (χ1n) is 7.30. The molecule has 0 saturated carbocycles. The molecule has 104 valence electrons. The van der Waals surface area contributed by atoms with Crippen LogP contribution < -0.4 is 0 Å². The molecule has 3 heteroatoms. The second-order valence-corrected chi connectivity index (χ2v) is 6.25. The molecule has 1 fully saturated rings. The summed E-state index contributed by atoms with van der Waals surface area (Å²) in [5.41, 5.74) is -0.151. The smallest absolute Gasteiger partial charge is 0.0940 e. The highest BCUT2D eigenvalue weighted by Gasteiger charge is 2.35. The lowest BCUT2D eigenvalue weighted by molar-refractivity contribution is -0.154. The summed E-state index contributed by atoms with van der Waals surface area (Å²) in [6.45, 7) is 6.17. The number of rotatable bonds is 2. The van der Waals surface area contributed by atoms with E-state index in [-0.39, 0.29) is 18.3 Å². The molecule has 0 radical (unpaired) electrons. The van der Waals surface area contributed by atoms with Gasteiger partial charge in [0, 0.05) is 19.1 Å². The number of hydrogen-bond donors (Lipinski definition) is 1. The first kappa shape index (κ1) is 14.0. The summed E-state index contributed by atoms with van der Waals surface area (Å²) >= 11 is 0. The number of aliphatic hydroxyl groups is 1. The maximum Gasteiger partial charge on any atom is 0.0940 e. The molecule has 2 rings (SSSR count). The van der Waals surface area contributed by atoms with Gasteiger partial charge >= 0.3 is 0 Å². The summed E-state index contributed by atoms with van der Waals surface area (Å²) in [4.78, 5) is 2.49. The van der Waals surface area contributed by atoms with E-state index in [4.69, 9.17) is 4.74 Å². The Kier molecular flexibility index (Phi) is 4.82. The van der Waals surface area contributed by atoms with E-state index in [0.29, 0.717) is 6.04 Å². The lowest BCUT2D eigenvalue weighted by atomic mass is 9.97. The minimum atomic E-state index is -0.151. The molecule has 2 atom stereocenters. The van der Waals surface area contributed by atoms with Crippen LogP contribution in [-0.2, 0) is 4.74 Å². The number of allylic oxidation sites excluding steroid dienone is 1. The van der Waals surface area contributed by atoms with Gasteiger partial charge in [-0.1, -0.05) is 25.0 Å². The van der Waals surface area contributed by atoms with Crippen LogP contribution in [0.2, 0.25) is 0 Å². The van der Waals surface area contributed by atoms with E-state index < -0.39 is 0 Å². The normalized spacial score (nSPS) is 35.7. The molecule has 0 amide bonds. The maximum atomic E-state index is 9.37. The average molecular weight is 253 g/mol. The zero-order chi connectivity index (χ0) is 13.0. The Hall–Kier alpha value is -0.380. The number of morpholine rings is 1. The zero-order valence-corrected chi connectivity index (χ0v) is 11.8. The Bertz CT molecular complexity index is 288. The van der Waals surface area contributed by atoms with Crippen LogP contribution in [0.5, 0.6) is 0 Å². The second-order valence-electron chi connectivity index (χ2n) is 6.25. The Morgan fingerprint density at radius 3 is 2.94 bits per heavy atom. The molecule has 0 aromatic rings. The molecule has 1 N–H and O–H groups in total. The summed E-state index contributed by atoms with van der Waals surface area (Å²) in [6, 6.07) is 0.530. The highest BCUT2D eigenvalue weighted by molar-refractivity contribution is 4.99. The summed E-state index contributed by atoms with van der Waals surface area (Å²) in [7, 11) is 0. The van der Waals surface area contributed by atoms with Crippen molar-refractivity contribution in [3.63, 3.8) is 0 Å². The van der Waals surface area contributed by atoms with E-state index in [9.17, 15) is 5.11 Å². The number of ether oxygens (including phenoxy) is 1. The van der Waals surface area contributed by atoms with Crippen LogP contribution in [0.1, 0.15) is 46.0 Å². The van der Waals surface area contributed by atoms with Crippen LogP contribution in [-0.4, -0.2) is 47.4 Å². The summed E-state index contributed by atoms with van der Waals surface area (Å²) in [6.07, 6.45) is 11.1. The van der Waals surface area contributed by atoms with Crippen LogP contribution in [0, 0.1) is 0 Å². The predicted molar refractivity (Wildman–Crippen MR) is 73.6 cm³/mol. The Labute approximate surface area is 111 Å². The number of hydrogen-bond acceptors (Lipinski definition) is 3. The van der Waals surface area contributed by atoms with Crippen molar-refractivity contribution >= 4 is 0 Å². The van der Waals surface area contributed by atoms with E-state index in [1.54, 1.807) is 0 Å². The predicted octanol–water partition coefficient (Wildman–Crippen LogP) is 2.35. The minimum Gasteiger partial charge on any atom is -0.394 e. The average Bonchev–Trinajstić information content (AvgIpc) is 2.26. The molecule has 0 bridgehead atoms. The van der Waals surface area contributed by atoms with Crippen LogP contribution >= 0.6 is 0 Å². The third kappa shape index (κ3) is 3.81. The second kappa shape index (κ2) is 6.18. The Morgan fingerprint density at radius 2 is 2.17 bits per heavy atom. The maximum absolute atomic E-state index is 9.37. The standard InChI is InChI=1S/C15H27NO2/c1-15(2)12-16(10-14(11-17)18-15)13-8-6-4-3-5-7-9-13/h6,8,13-14,17H,3-5,7,9-12H2,1-2H3/b8-6+. The monoisotopic (exact) mass is 253 g/mol. The molecule has 2 aliphatic rings. The van der Waals surface area contributed by atoms with Gasteiger partial charge in [0.1, 0.15) is 0 Å². The summed E-state index contributed by atoms with van der Waals surface area (Å²) < 4.78 is 5.88. The third-order valence-electron chi connectivity index (χ3n) is 3.91. The first-order chi connectivity index (χ1) is 8.61. The zero-order valence-electron chi connectivity index (χ0n) is 11.8. The quantitative estimate of drug-likeness (QED) is 0.767. The number of nitrogens with zero attached hydrogens (tertiary/aromatic N) is 1. The van der Waals surface area contributed by atoms with Crippen LogP contribution in [0.25, 0.3) is 0 Å². The largest absolute Gasteiger partial charge is 0.394 e. The Balaban J connectivity index is 2.03. The molecule has 1 aliphatic heterocycles. The van der Waals surface area contributed by atoms with Gasteiger partial charge in [-0.15, -0.1) is 0 Å². The van der Waals surface area contributed by atoms with Crippen molar-refractivity contribution in [2.24, 2.45) is 0 Å². The lowest BCUT2D eigenvalue weighted by Gasteiger charge is -2.45. The molecule has 0 spiro atoms. The van der Waals surface area contributed by atoms with Crippen molar-refractivity contribution in [2.75, 3.05) is 19.7 Å². The molecule has 2 unspecified atom stereocenters. The molecule has 18 heavy (non-hydrogen) atoms. The molecule has 0 aromatic carbocycles. The first-order valence-corrected chi connectivity index (χ1v) is 7.30. The van der Waals surface area contributed by atoms with Crippen molar-refractivity contribution in [1.82, 2.24) is 4.90 Å². The van der Waals surface area contributed by atoms with E-state index in [2.05, 4.69) is 30.9 Å². The van der Waals surface area contributed by atoms with Crippen LogP contribution in [0.4, 0.5) is 0 Å². The van der Waals surface area contributed by atoms with Crippen molar-refractivity contribution in [1.29, 1.82) is 0 Å². The molecule has 1 heterocycles. The summed E-state index contributed by atoms with van der Waals surface area (Å²) in [5.74, 6) is 0. The van der Waals surface area contributed by atoms with Gasteiger partial charge in [-0.25, -0.2) is 0 Å². The fraction of sp³-hybridized carbons (Fsp3) is 0.867. The highest BCUT2D eigenvalue weighted by atomic mass is 16.5. The molecular weight excluding hydrogens is 226 g/mol. The SMILES string of the molecule is CC1(C)CN(C2/C=C/CCCCC2)CC(CO)O1. The van der Waals surface area contributed by atoms with E-state index in [1.807, 2.05) is 0 Å². The molecular formula is C15H27NO2. The highest BCUT2D eigenvalue weighted by Crippen LogP contribution is 2.25. The fourth-order valence-electron chi connectivity index (χ4n) is 3.13. The van der Waals surface area contributed by atoms with Crippen LogP contribution in [0.15, 0.2) is 12.2 Å². The van der Waals surface area contributed by atoms with Crippen molar-refractivity contribution < 1.29 is 9.84 Å². The molecule has 1 saturated heterocycles. The topological polar surface area (TPSA) is 32.7 Å². The van der Waals surface area contributed by atoms with Gasteiger partial charge in [0.05, 0.1) is 18.3 Å². The molecule has 3 nitrogen and oxygen atoms in total. The van der Waals surface area contributed by atoms with E-state index in [1.165, 1.54) is 32.1 Å². The van der Waals surface area contributed by atoms with Gasteiger partial charge in [0.2, 0.25) is 0 Å². The van der Waals surface area contributed by atoms with Gasteiger partial charge in [0.25, 0.3) is 0 Å². The van der Waals surface area contributed by atoms with Gasteiger partial charge in [-0.3, -0.25) is 4.90 Å². The van der Waals surface area contributed by atoms with Crippen LogP contribution in [0.3, 0.4) is 0 Å². The number of aliphatic hydroxyl groups excluding tert-OH is 1. The fourth-order valence-corrected chi connectivity index (χ4v) is 3.13. The van der Waals surface area contributed by atoms with Crippen molar-refractivity contribution in [3.05, 3.63) is 12.2 Å². The Morgan fingerprint density at radius 1 is 1.33 bits per heavy atom. The summed E-state index contributed by atoms with van der Waals surface area (Å²) in [5, 5.41) is 9.37. The third-order valence-corrected chi connectivity index (χ3v) is 3.91. The van der Waals surface area contributed by atoms with E-state index in [0.717, 1.165) is 13.1 Å². The van der Waals surface area contributed by atoms with Gasteiger partial charge in [0.15, 0.2) is 0 Å². The van der Waals surface area contributed by atoms with Crippen molar-refractivity contribution in [2.45, 2.75) is 63.7 Å². The van der Waals surface area contributed by atoms with Crippen molar-refractivity contribution in [3.8, 4) is 0 Å². The molecule has 0 aromatic heterocycles. The van der Waals surface area contributed by atoms with Gasteiger partial charge in [-0.05, 0) is 33.1 Å². The van der Waals surface area contributed by atoms with Gasteiger partial charge in [-0.2, -0.15) is 0 Å².